The van der Waals surface area contributed by atoms with Crippen molar-refractivity contribution in [3.05, 3.63) is 45.8 Å². The monoisotopic (exact) mass is 266 g/mol. The zero-order chi connectivity index (χ0) is 12.4. The van der Waals surface area contributed by atoms with Gasteiger partial charge < -0.3 is 0 Å². The van der Waals surface area contributed by atoms with Gasteiger partial charge in [0.15, 0.2) is 6.29 Å². The van der Waals surface area contributed by atoms with Crippen molar-refractivity contribution in [2.45, 2.75) is 6.92 Å². The van der Waals surface area contributed by atoms with Crippen LogP contribution in [-0.4, -0.2) is 16.3 Å². The molecule has 1 aromatic heterocycles. The summed E-state index contributed by atoms with van der Waals surface area (Å²) in [5, 5.41) is 0.788. The minimum absolute atomic E-state index is 0.164. The molecular formula is C12H8Cl2N2O. The normalized spacial score (nSPS) is 10.3. The van der Waals surface area contributed by atoms with E-state index in [0.717, 1.165) is 5.56 Å². The van der Waals surface area contributed by atoms with Crippen molar-refractivity contribution in [3.8, 4) is 11.3 Å². The number of aryl methyl sites for hydroxylation is 1. The van der Waals surface area contributed by atoms with Gasteiger partial charge in [0.05, 0.1) is 11.3 Å². The van der Waals surface area contributed by atoms with E-state index >= 15 is 0 Å². The molecule has 2 aromatic rings. The van der Waals surface area contributed by atoms with Crippen LogP contribution in [0.3, 0.4) is 0 Å². The van der Waals surface area contributed by atoms with E-state index in [1.807, 2.05) is 0 Å². The molecule has 17 heavy (non-hydrogen) atoms. The average Bonchev–Trinajstić information content (AvgIpc) is 2.29. The fourth-order valence-electron chi connectivity index (χ4n) is 1.48. The van der Waals surface area contributed by atoms with Gasteiger partial charge >= 0.3 is 0 Å². The van der Waals surface area contributed by atoms with Crippen LogP contribution in [-0.2, 0) is 0 Å². The van der Waals surface area contributed by atoms with E-state index in [1.54, 1.807) is 31.2 Å². The summed E-state index contributed by atoms with van der Waals surface area (Å²) in [7, 11) is 0. The first-order valence-electron chi connectivity index (χ1n) is 4.87. The van der Waals surface area contributed by atoms with E-state index in [9.17, 15) is 4.79 Å². The van der Waals surface area contributed by atoms with Gasteiger partial charge in [-0.3, -0.25) is 4.79 Å². The lowest BCUT2D eigenvalue weighted by molar-refractivity contribution is 0.112. The van der Waals surface area contributed by atoms with Gasteiger partial charge in [-0.2, -0.15) is 0 Å². The summed E-state index contributed by atoms with van der Waals surface area (Å²) in [5.41, 5.74) is 1.60. The lowest BCUT2D eigenvalue weighted by atomic mass is 10.1. The second-order valence-corrected chi connectivity index (χ2v) is 4.24. The Morgan fingerprint density at radius 2 is 1.76 bits per heavy atom. The molecule has 0 saturated carbocycles. The molecule has 86 valence electrons. The summed E-state index contributed by atoms with van der Waals surface area (Å²) < 4.78 is 0. The number of hydrogen-bond donors (Lipinski definition) is 0. The maximum Gasteiger partial charge on any atom is 0.155 e. The third-order valence-electron chi connectivity index (χ3n) is 2.25. The number of carbonyl (C=O) groups excluding carboxylic acids is 1. The van der Waals surface area contributed by atoms with Crippen LogP contribution >= 0.6 is 23.2 Å². The van der Waals surface area contributed by atoms with Gasteiger partial charge in [-0.05, 0) is 19.1 Å². The van der Waals surface area contributed by atoms with Crippen LogP contribution in [0.5, 0.6) is 0 Å². The average molecular weight is 267 g/mol. The topological polar surface area (TPSA) is 42.9 Å². The molecule has 0 radical (unpaired) electrons. The first-order valence-corrected chi connectivity index (χ1v) is 5.62. The SMILES string of the molecule is Cc1nc(Cl)c(C=O)c(-c2ccc(Cl)cc2)n1. The van der Waals surface area contributed by atoms with E-state index in [1.165, 1.54) is 0 Å². The molecule has 5 heteroatoms. The van der Waals surface area contributed by atoms with Crippen LogP contribution in [0, 0.1) is 6.92 Å². The molecule has 0 amide bonds. The van der Waals surface area contributed by atoms with Crippen molar-refractivity contribution in [1.82, 2.24) is 9.97 Å². The zero-order valence-corrected chi connectivity index (χ0v) is 10.5. The Labute approximate surface area is 108 Å². The number of hydrogen-bond acceptors (Lipinski definition) is 3. The molecule has 0 aliphatic carbocycles. The predicted octanol–water partition coefficient (Wildman–Crippen LogP) is 3.57. The van der Waals surface area contributed by atoms with Gasteiger partial charge in [0.25, 0.3) is 0 Å². The maximum absolute atomic E-state index is 11.0. The highest BCUT2D eigenvalue weighted by Gasteiger charge is 2.12. The molecule has 3 nitrogen and oxygen atoms in total. The lowest BCUT2D eigenvalue weighted by Gasteiger charge is -2.06. The van der Waals surface area contributed by atoms with E-state index in [4.69, 9.17) is 23.2 Å². The minimum atomic E-state index is 0.164. The first kappa shape index (κ1) is 12.0. The van der Waals surface area contributed by atoms with E-state index in [-0.39, 0.29) is 5.15 Å². The van der Waals surface area contributed by atoms with Crippen molar-refractivity contribution < 1.29 is 4.79 Å². The maximum atomic E-state index is 11.0. The van der Waals surface area contributed by atoms with Crippen LogP contribution in [0.15, 0.2) is 24.3 Å². The summed E-state index contributed by atoms with van der Waals surface area (Å²) in [6.45, 7) is 1.72. The molecule has 0 N–H and O–H groups in total. The first-order chi connectivity index (χ1) is 8.11. The summed E-state index contributed by atoms with van der Waals surface area (Å²) in [6, 6.07) is 7.04. The molecule has 0 atom stereocenters. The summed E-state index contributed by atoms with van der Waals surface area (Å²) >= 11 is 11.7. The van der Waals surface area contributed by atoms with Crippen LogP contribution < -0.4 is 0 Å². The molecule has 0 spiro atoms. The summed E-state index contributed by atoms with van der Waals surface area (Å²) in [5.74, 6) is 0.519. The fraction of sp³-hybridized carbons (Fsp3) is 0.0833. The molecule has 0 fully saturated rings. The summed E-state index contributed by atoms with van der Waals surface area (Å²) in [6.07, 6.45) is 0.658. The van der Waals surface area contributed by atoms with Crippen LogP contribution in [0.1, 0.15) is 16.2 Å². The van der Waals surface area contributed by atoms with Crippen LogP contribution in [0.25, 0.3) is 11.3 Å². The molecule has 1 heterocycles. The highest BCUT2D eigenvalue weighted by molar-refractivity contribution is 6.32. The smallest absolute Gasteiger partial charge is 0.155 e. The van der Waals surface area contributed by atoms with Gasteiger partial charge in [-0.15, -0.1) is 0 Å². The Hall–Kier alpha value is -1.45. The van der Waals surface area contributed by atoms with Gasteiger partial charge in [0.1, 0.15) is 11.0 Å². The molecule has 0 bridgehead atoms. The highest BCUT2D eigenvalue weighted by atomic mass is 35.5. The van der Waals surface area contributed by atoms with Crippen molar-refractivity contribution in [1.29, 1.82) is 0 Å². The number of aldehydes is 1. The fourth-order valence-corrected chi connectivity index (χ4v) is 1.86. The third kappa shape index (κ3) is 2.46. The molecule has 0 unspecified atom stereocenters. The number of nitrogens with zero attached hydrogens (tertiary/aromatic N) is 2. The zero-order valence-electron chi connectivity index (χ0n) is 8.95. The van der Waals surface area contributed by atoms with Crippen molar-refractivity contribution in [3.63, 3.8) is 0 Å². The van der Waals surface area contributed by atoms with Gasteiger partial charge in [0, 0.05) is 10.6 Å². The van der Waals surface area contributed by atoms with Gasteiger partial charge in [-0.25, -0.2) is 9.97 Å². The van der Waals surface area contributed by atoms with Gasteiger partial charge in [-0.1, -0.05) is 35.3 Å². The standard InChI is InChI=1S/C12H8Cl2N2O/c1-7-15-11(10(6-17)12(14)16-7)8-2-4-9(13)5-3-8/h2-6H,1H3. The van der Waals surface area contributed by atoms with E-state index < -0.39 is 0 Å². The second-order valence-electron chi connectivity index (χ2n) is 3.45. The number of aromatic nitrogens is 2. The predicted molar refractivity (Wildman–Crippen MR) is 67.6 cm³/mol. The highest BCUT2D eigenvalue weighted by Crippen LogP contribution is 2.26. The largest absolute Gasteiger partial charge is 0.298 e. The minimum Gasteiger partial charge on any atom is -0.298 e. The quantitative estimate of drug-likeness (QED) is 0.617. The van der Waals surface area contributed by atoms with Crippen molar-refractivity contribution in [2.24, 2.45) is 0 Å². The summed E-state index contributed by atoms with van der Waals surface area (Å²) in [4.78, 5) is 19.2. The molecule has 1 aromatic carbocycles. The number of benzene rings is 1. The Morgan fingerprint density at radius 3 is 2.35 bits per heavy atom. The Bertz CT molecular complexity index is 567. The van der Waals surface area contributed by atoms with E-state index in [2.05, 4.69) is 9.97 Å². The molecule has 0 saturated heterocycles. The lowest BCUT2D eigenvalue weighted by Crippen LogP contribution is -1.99. The Balaban J connectivity index is 2.65. The van der Waals surface area contributed by atoms with Crippen LogP contribution in [0.2, 0.25) is 10.2 Å². The second kappa shape index (κ2) is 4.82. The molecule has 0 aliphatic rings. The van der Waals surface area contributed by atoms with Crippen LogP contribution in [0.4, 0.5) is 0 Å². The number of rotatable bonds is 2. The Kier molecular flexibility index (Phi) is 3.41. The van der Waals surface area contributed by atoms with Crippen molar-refractivity contribution >= 4 is 29.5 Å². The Morgan fingerprint density at radius 1 is 1.12 bits per heavy atom. The number of carbonyl (C=O) groups is 1. The molecule has 2 rings (SSSR count). The third-order valence-corrected chi connectivity index (χ3v) is 2.79. The molecule has 0 aliphatic heterocycles. The molecular weight excluding hydrogens is 259 g/mol. The van der Waals surface area contributed by atoms with E-state index in [0.29, 0.717) is 28.4 Å². The number of halogens is 2. The van der Waals surface area contributed by atoms with Crippen molar-refractivity contribution in [2.75, 3.05) is 0 Å². The van der Waals surface area contributed by atoms with Gasteiger partial charge in [0.2, 0.25) is 0 Å².